The van der Waals surface area contributed by atoms with E-state index in [1.54, 1.807) is 18.1 Å². The molecule has 2 aromatic rings. The molecule has 0 aliphatic carbocycles. The molecule has 1 aliphatic rings. The molecule has 2 N–H and O–H groups in total. The number of fused-ring (bicyclic) bond motifs is 1. The van der Waals surface area contributed by atoms with E-state index in [-0.39, 0.29) is 31.2 Å². The number of aromatic nitrogens is 1. The van der Waals surface area contributed by atoms with E-state index in [1.807, 2.05) is 30.3 Å². The van der Waals surface area contributed by atoms with Gasteiger partial charge in [-0.05, 0) is 24.5 Å². The standard InChI is InChI=1S/C19H23N3O3/c1-20-16(23)12-19(25)8-4-10-22(13-19)17(24)11-15-6-2-5-14-7-3-9-21-18(14)15/h2-3,5-7,9,25H,4,8,10-13H2,1H3,(H,20,23). The van der Waals surface area contributed by atoms with Crippen LogP contribution in [-0.2, 0) is 16.0 Å². The number of para-hydroxylation sites is 1. The number of carbonyl (C=O) groups is 2. The summed E-state index contributed by atoms with van der Waals surface area (Å²) in [5.41, 5.74) is 0.560. The Morgan fingerprint density at radius 2 is 2.12 bits per heavy atom. The van der Waals surface area contributed by atoms with Crippen LogP contribution in [0.4, 0.5) is 0 Å². The van der Waals surface area contributed by atoms with Gasteiger partial charge < -0.3 is 15.3 Å². The fraction of sp³-hybridized carbons (Fsp3) is 0.421. The van der Waals surface area contributed by atoms with Crippen LogP contribution in [0.3, 0.4) is 0 Å². The van der Waals surface area contributed by atoms with E-state index < -0.39 is 5.60 Å². The molecule has 2 heterocycles. The van der Waals surface area contributed by atoms with Crippen LogP contribution in [-0.4, -0.2) is 52.5 Å². The Morgan fingerprint density at radius 1 is 1.32 bits per heavy atom. The van der Waals surface area contributed by atoms with E-state index in [1.165, 1.54) is 0 Å². The van der Waals surface area contributed by atoms with Crippen LogP contribution in [0.25, 0.3) is 10.9 Å². The number of hydrogen-bond acceptors (Lipinski definition) is 4. The van der Waals surface area contributed by atoms with Crippen LogP contribution in [0.1, 0.15) is 24.8 Å². The van der Waals surface area contributed by atoms with Gasteiger partial charge in [-0.25, -0.2) is 0 Å². The first-order valence-electron chi connectivity index (χ1n) is 8.54. The molecule has 25 heavy (non-hydrogen) atoms. The second-order valence-electron chi connectivity index (χ2n) is 6.66. The number of nitrogens with zero attached hydrogens (tertiary/aromatic N) is 2. The van der Waals surface area contributed by atoms with Crippen molar-refractivity contribution in [1.82, 2.24) is 15.2 Å². The summed E-state index contributed by atoms with van der Waals surface area (Å²) < 4.78 is 0. The van der Waals surface area contributed by atoms with E-state index in [0.29, 0.717) is 19.4 Å². The van der Waals surface area contributed by atoms with Crippen LogP contribution < -0.4 is 5.32 Å². The molecule has 2 amide bonds. The normalized spacial score (nSPS) is 20.5. The third kappa shape index (κ3) is 3.96. The number of likely N-dealkylation sites (tertiary alicyclic amines) is 1. The first-order chi connectivity index (χ1) is 12.0. The van der Waals surface area contributed by atoms with Gasteiger partial charge in [-0.1, -0.05) is 24.3 Å². The van der Waals surface area contributed by atoms with Gasteiger partial charge in [0.25, 0.3) is 0 Å². The molecule has 132 valence electrons. The van der Waals surface area contributed by atoms with Crippen molar-refractivity contribution in [3.8, 4) is 0 Å². The van der Waals surface area contributed by atoms with Gasteiger partial charge in [0.1, 0.15) is 0 Å². The van der Waals surface area contributed by atoms with Crippen molar-refractivity contribution in [1.29, 1.82) is 0 Å². The first-order valence-corrected chi connectivity index (χ1v) is 8.54. The number of β-amino-alcohol motifs (C(OH)–C–C–N with tert-alkyl or cyclic N) is 1. The smallest absolute Gasteiger partial charge is 0.227 e. The van der Waals surface area contributed by atoms with Crippen LogP contribution in [0.5, 0.6) is 0 Å². The molecule has 6 heteroatoms. The molecule has 1 aromatic carbocycles. The van der Waals surface area contributed by atoms with Crippen molar-refractivity contribution < 1.29 is 14.7 Å². The van der Waals surface area contributed by atoms with Crippen molar-refractivity contribution in [3.05, 3.63) is 42.1 Å². The fourth-order valence-corrected chi connectivity index (χ4v) is 3.44. The molecule has 0 radical (unpaired) electrons. The van der Waals surface area contributed by atoms with Crippen LogP contribution in [0.2, 0.25) is 0 Å². The average Bonchev–Trinajstić information content (AvgIpc) is 2.61. The van der Waals surface area contributed by atoms with Gasteiger partial charge >= 0.3 is 0 Å². The van der Waals surface area contributed by atoms with Crippen molar-refractivity contribution in [2.75, 3.05) is 20.1 Å². The number of pyridine rings is 1. The summed E-state index contributed by atoms with van der Waals surface area (Å²) in [7, 11) is 1.55. The molecule has 1 saturated heterocycles. The summed E-state index contributed by atoms with van der Waals surface area (Å²) in [5, 5.41) is 14.2. The monoisotopic (exact) mass is 341 g/mol. The molecule has 1 atom stereocenters. The fourth-order valence-electron chi connectivity index (χ4n) is 3.44. The Morgan fingerprint density at radius 3 is 2.92 bits per heavy atom. The predicted octanol–water partition coefficient (Wildman–Crippen LogP) is 1.27. The second kappa shape index (κ2) is 7.19. The largest absolute Gasteiger partial charge is 0.388 e. The minimum atomic E-state index is -1.15. The number of piperidine rings is 1. The van der Waals surface area contributed by atoms with Crippen LogP contribution in [0, 0.1) is 0 Å². The summed E-state index contributed by atoms with van der Waals surface area (Å²) in [6.45, 7) is 0.796. The number of benzene rings is 1. The molecular formula is C19H23N3O3. The van der Waals surface area contributed by atoms with Gasteiger partial charge in [-0.15, -0.1) is 0 Å². The van der Waals surface area contributed by atoms with Crippen molar-refractivity contribution >= 4 is 22.7 Å². The third-order valence-corrected chi connectivity index (χ3v) is 4.73. The molecule has 1 unspecified atom stereocenters. The molecule has 1 aromatic heterocycles. The summed E-state index contributed by atoms with van der Waals surface area (Å²) in [6, 6.07) is 9.65. The van der Waals surface area contributed by atoms with Crippen LogP contribution in [0.15, 0.2) is 36.5 Å². The van der Waals surface area contributed by atoms with E-state index in [0.717, 1.165) is 16.5 Å². The van der Waals surface area contributed by atoms with Crippen LogP contribution >= 0.6 is 0 Å². The summed E-state index contributed by atoms with van der Waals surface area (Å²) >= 11 is 0. The number of amides is 2. The van der Waals surface area contributed by atoms with E-state index in [4.69, 9.17) is 0 Å². The van der Waals surface area contributed by atoms with E-state index in [2.05, 4.69) is 10.3 Å². The Bertz CT molecular complexity index is 787. The zero-order valence-corrected chi connectivity index (χ0v) is 14.4. The topological polar surface area (TPSA) is 82.5 Å². The van der Waals surface area contributed by atoms with Gasteiger partial charge in [0, 0.05) is 31.7 Å². The lowest BCUT2D eigenvalue weighted by atomic mass is 9.89. The third-order valence-electron chi connectivity index (χ3n) is 4.73. The molecule has 0 saturated carbocycles. The maximum atomic E-state index is 12.7. The van der Waals surface area contributed by atoms with Crippen molar-refractivity contribution in [3.63, 3.8) is 0 Å². The SMILES string of the molecule is CNC(=O)CC1(O)CCCN(C(=O)Cc2cccc3cccnc23)C1. The number of rotatable bonds is 4. The number of aliphatic hydroxyl groups is 1. The molecule has 0 bridgehead atoms. The lowest BCUT2D eigenvalue weighted by Crippen LogP contribution is -2.52. The quantitative estimate of drug-likeness (QED) is 0.877. The first kappa shape index (κ1) is 17.4. The van der Waals surface area contributed by atoms with Gasteiger partial charge in [-0.2, -0.15) is 0 Å². The lowest BCUT2D eigenvalue weighted by Gasteiger charge is -2.39. The minimum Gasteiger partial charge on any atom is -0.388 e. The Kier molecular flexibility index (Phi) is 4.99. The molecular weight excluding hydrogens is 318 g/mol. The molecule has 6 nitrogen and oxygen atoms in total. The lowest BCUT2D eigenvalue weighted by molar-refractivity contribution is -0.141. The maximum absolute atomic E-state index is 12.7. The van der Waals surface area contributed by atoms with Crippen molar-refractivity contribution in [2.24, 2.45) is 0 Å². The van der Waals surface area contributed by atoms with E-state index in [9.17, 15) is 14.7 Å². The van der Waals surface area contributed by atoms with Gasteiger partial charge in [0.15, 0.2) is 0 Å². The highest BCUT2D eigenvalue weighted by Gasteiger charge is 2.36. The zero-order valence-electron chi connectivity index (χ0n) is 14.4. The Hall–Kier alpha value is -2.47. The number of nitrogens with one attached hydrogen (secondary N) is 1. The average molecular weight is 341 g/mol. The van der Waals surface area contributed by atoms with Crippen molar-refractivity contribution in [2.45, 2.75) is 31.3 Å². The summed E-state index contributed by atoms with van der Waals surface area (Å²) in [4.78, 5) is 30.4. The molecule has 1 fully saturated rings. The minimum absolute atomic E-state index is 0.0170. The maximum Gasteiger partial charge on any atom is 0.227 e. The summed E-state index contributed by atoms with van der Waals surface area (Å²) in [6.07, 6.45) is 3.19. The highest BCUT2D eigenvalue weighted by Crippen LogP contribution is 2.25. The Balaban J connectivity index is 1.73. The predicted molar refractivity (Wildman–Crippen MR) is 94.9 cm³/mol. The Labute approximate surface area is 146 Å². The second-order valence-corrected chi connectivity index (χ2v) is 6.66. The van der Waals surface area contributed by atoms with Gasteiger partial charge in [0.2, 0.25) is 11.8 Å². The van der Waals surface area contributed by atoms with Gasteiger partial charge in [0.05, 0.1) is 24.0 Å². The molecule has 3 rings (SSSR count). The van der Waals surface area contributed by atoms with E-state index >= 15 is 0 Å². The molecule has 0 spiro atoms. The highest BCUT2D eigenvalue weighted by molar-refractivity contribution is 5.87. The molecule has 1 aliphatic heterocycles. The number of carbonyl (C=O) groups excluding carboxylic acids is 2. The highest BCUT2D eigenvalue weighted by atomic mass is 16.3. The summed E-state index contributed by atoms with van der Waals surface area (Å²) in [5.74, 6) is -0.261. The van der Waals surface area contributed by atoms with Gasteiger partial charge in [-0.3, -0.25) is 14.6 Å². The number of hydrogen-bond donors (Lipinski definition) is 2. The zero-order chi connectivity index (χ0) is 17.9.